The predicted octanol–water partition coefficient (Wildman–Crippen LogP) is 4.95. The van der Waals surface area contributed by atoms with E-state index in [0.717, 1.165) is 42.3 Å². The number of anilines is 1. The first-order valence-corrected chi connectivity index (χ1v) is 11.8. The van der Waals surface area contributed by atoms with Crippen molar-refractivity contribution in [3.05, 3.63) is 76.6 Å². The highest BCUT2D eigenvalue weighted by Gasteiger charge is 2.31. The lowest BCUT2D eigenvalue weighted by Gasteiger charge is -2.26. The molecule has 1 saturated heterocycles. The second-order valence-corrected chi connectivity index (χ2v) is 9.22. The minimum absolute atomic E-state index is 0.0283. The Bertz CT molecular complexity index is 1230. The van der Waals surface area contributed by atoms with Crippen LogP contribution in [0.2, 0.25) is 0 Å². The minimum Gasteiger partial charge on any atom is -0.337 e. The molecule has 0 saturated carbocycles. The summed E-state index contributed by atoms with van der Waals surface area (Å²) in [6, 6.07) is 9.89. The number of benzene rings is 2. The van der Waals surface area contributed by atoms with Crippen molar-refractivity contribution in [1.29, 1.82) is 0 Å². The number of carbonyl (C=O) groups excluding carboxylic acids is 2. The van der Waals surface area contributed by atoms with E-state index in [1.807, 2.05) is 16.7 Å². The fourth-order valence-corrected chi connectivity index (χ4v) is 4.69. The Hall–Kier alpha value is -3.27. The summed E-state index contributed by atoms with van der Waals surface area (Å²) in [5.74, 6) is 1.38. The van der Waals surface area contributed by atoms with E-state index in [1.54, 1.807) is 32.0 Å². The number of carbonyl (C=O) groups is 2. The molecule has 1 aromatic heterocycles. The molecule has 2 aromatic carbocycles. The summed E-state index contributed by atoms with van der Waals surface area (Å²) in [5.41, 5.74) is 1.90. The number of thioether (sulfide) groups is 1. The van der Waals surface area contributed by atoms with Crippen molar-refractivity contribution in [3.63, 3.8) is 0 Å². The van der Waals surface area contributed by atoms with Gasteiger partial charge in [0.15, 0.2) is 0 Å². The van der Waals surface area contributed by atoms with Gasteiger partial charge in [0.1, 0.15) is 0 Å². The topological polar surface area (TPSA) is 67.2 Å². The van der Waals surface area contributed by atoms with Crippen LogP contribution in [0.5, 0.6) is 0 Å². The molecular formula is C24H23F3N4O2S. The van der Waals surface area contributed by atoms with Gasteiger partial charge in [-0.05, 0) is 55.8 Å². The van der Waals surface area contributed by atoms with Crippen LogP contribution >= 0.6 is 11.8 Å². The van der Waals surface area contributed by atoms with E-state index in [2.05, 4.69) is 10.4 Å². The zero-order chi connectivity index (χ0) is 24.5. The van der Waals surface area contributed by atoms with Crippen molar-refractivity contribution in [2.75, 3.05) is 29.9 Å². The highest BCUT2D eigenvalue weighted by atomic mass is 32.2. The monoisotopic (exact) mass is 488 g/mol. The predicted molar refractivity (Wildman–Crippen MR) is 126 cm³/mol. The van der Waals surface area contributed by atoms with E-state index >= 15 is 0 Å². The van der Waals surface area contributed by atoms with Crippen LogP contribution in [-0.2, 0) is 6.18 Å². The summed E-state index contributed by atoms with van der Waals surface area (Å²) >= 11 is 1.83. The summed E-state index contributed by atoms with van der Waals surface area (Å²) in [5, 5.41) is 6.93. The maximum absolute atomic E-state index is 13.1. The Morgan fingerprint density at radius 2 is 1.79 bits per heavy atom. The van der Waals surface area contributed by atoms with Gasteiger partial charge in [-0.25, -0.2) is 4.68 Å². The number of nitrogens with zero attached hydrogens (tertiary/aromatic N) is 3. The summed E-state index contributed by atoms with van der Waals surface area (Å²) in [7, 11) is 0. The molecule has 0 unspecified atom stereocenters. The Morgan fingerprint density at radius 3 is 2.47 bits per heavy atom. The lowest BCUT2D eigenvalue weighted by Crippen LogP contribution is -2.37. The molecular weight excluding hydrogens is 465 g/mol. The summed E-state index contributed by atoms with van der Waals surface area (Å²) < 4.78 is 40.5. The first-order chi connectivity index (χ1) is 16.1. The molecule has 1 fully saturated rings. The van der Waals surface area contributed by atoms with Crippen molar-refractivity contribution < 1.29 is 22.8 Å². The maximum Gasteiger partial charge on any atom is 0.416 e. The van der Waals surface area contributed by atoms with E-state index < -0.39 is 17.6 Å². The highest BCUT2D eigenvalue weighted by molar-refractivity contribution is 7.99. The number of rotatable bonds is 4. The van der Waals surface area contributed by atoms with Gasteiger partial charge in [-0.3, -0.25) is 9.59 Å². The second kappa shape index (κ2) is 9.54. The molecule has 34 heavy (non-hydrogen) atoms. The molecule has 0 atom stereocenters. The molecule has 1 aliphatic heterocycles. The van der Waals surface area contributed by atoms with Crippen LogP contribution in [0, 0.1) is 13.8 Å². The molecule has 1 N–H and O–H groups in total. The number of aryl methyl sites for hydroxylation is 1. The molecule has 178 valence electrons. The molecule has 10 heteroatoms. The van der Waals surface area contributed by atoms with Gasteiger partial charge < -0.3 is 10.2 Å². The summed E-state index contributed by atoms with van der Waals surface area (Å²) in [6.07, 6.45) is -3.15. The molecule has 6 nitrogen and oxygen atoms in total. The Balaban J connectivity index is 1.52. The lowest BCUT2D eigenvalue weighted by atomic mass is 10.1. The van der Waals surface area contributed by atoms with Crippen LogP contribution in [0.25, 0.3) is 5.69 Å². The zero-order valence-electron chi connectivity index (χ0n) is 18.6. The molecule has 3 aromatic rings. The quantitative estimate of drug-likeness (QED) is 0.565. The Labute approximate surface area is 199 Å². The maximum atomic E-state index is 13.1. The molecule has 0 bridgehead atoms. The zero-order valence-corrected chi connectivity index (χ0v) is 19.5. The number of amides is 2. The fourth-order valence-electron chi connectivity index (χ4n) is 3.78. The third kappa shape index (κ3) is 4.96. The van der Waals surface area contributed by atoms with Gasteiger partial charge in [0.25, 0.3) is 11.8 Å². The summed E-state index contributed by atoms with van der Waals surface area (Å²) in [6.45, 7) is 4.86. The van der Waals surface area contributed by atoms with Crippen molar-refractivity contribution in [2.45, 2.75) is 20.0 Å². The normalized spacial score (nSPS) is 14.2. The number of alkyl halides is 3. The average Bonchev–Trinajstić information content (AvgIpc) is 3.21. The van der Waals surface area contributed by atoms with Gasteiger partial charge in [0, 0.05) is 35.8 Å². The van der Waals surface area contributed by atoms with Crippen LogP contribution in [-0.4, -0.2) is 51.1 Å². The van der Waals surface area contributed by atoms with Crippen LogP contribution in [0.15, 0.2) is 48.7 Å². The fraction of sp³-hybridized carbons (Fsp3) is 0.292. The number of aromatic nitrogens is 2. The Morgan fingerprint density at radius 1 is 1.06 bits per heavy atom. The highest BCUT2D eigenvalue weighted by Crippen LogP contribution is 2.30. The summed E-state index contributed by atoms with van der Waals surface area (Å²) in [4.78, 5) is 27.5. The van der Waals surface area contributed by atoms with Gasteiger partial charge in [-0.1, -0.05) is 6.07 Å². The van der Waals surface area contributed by atoms with Crippen LogP contribution in [0.4, 0.5) is 18.9 Å². The SMILES string of the molecule is Cc1cc(C(=O)N2CCSCC2)ccc1NC(=O)c1cnn(-c2cccc(C(F)(F)F)c2)c1C. The molecule has 2 heterocycles. The van der Waals surface area contributed by atoms with Crippen molar-refractivity contribution in [2.24, 2.45) is 0 Å². The van der Waals surface area contributed by atoms with Crippen LogP contribution in [0.1, 0.15) is 37.5 Å². The molecule has 4 rings (SSSR count). The van der Waals surface area contributed by atoms with Crippen LogP contribution < -0.4 is 5.32 Å². The van der Waals surface area contributed by atoms with E-state index in [4.69, 9.17) is 0 Å². The third-order valence-electron chi connectivity index (χ3n) is 5.69. The molecule has 1 aliphatic rings. The minimum atomic E-state index is -4.48. The molecule has 2 amide bonds. The van der Waals surface area contributed by atoms with E-state index in [9.17, 15) is 22.8 Å². The van der Waals surface area contributed by atoms with Crippen molar-refractivity contribution in [1.82, 2.24) is 14.7 Å². The molecule has 0 spiro atoms. The smallest absolute Gasteiger partial charge is 0.337 e. The van der Waals surface area contributed by atoms with E-state index in [1.165, 1.54) is 23.0 Å². The second-order valence-electron chi connectivity index (χ2n) is 7.99. The Kier molecular flexibility index (Phi) is 6.70. The first kappa shape index (κ1) is 23.9. The molecule has 0 aliphatic carbocycles. The van der Waals surface area contributed by atoms with Gasteiger partial charge in [0.2, 0.25) is 0 Å². The largest absolute Gasteiger partial charge is 0.416 e. The van der Waals surface area contributed by atoms with E-state index in [-0.39, 0.29) is 17.2 Å². The van der Waals surface area contributed by atoms with Crippen LogP contribution in [0.3, 0.4) is 0 Å². The number of halogens is 3. The number of hydrogen-bond donors (Lipinski definition) is 1. The average molecular weight is 489 g/mol. The van der Waals surface area contributed by atoms with Gasteiger partial charge in [0.05, 0.1) is 28.7 Å². The van der Waals surface area contributed by atoms with Crippen molar-refractivity contribution in [3.8, 4) is 5.69 Å². The van der Waals surface area contributed by atoms with Crippen molar-refractivity contribution >= 4 is 29.3 Å². The van der Waals surface area contributed by atoms with E-state index in [0.29, 0.717) is 16.9 Å². The first-order valence-electron chi connectivity index (χ1n) is 10.7. The number of hydrogen-bond acceptors (Lipinski definition) is 4. The molecule has 0 radical (unpaired) electrons. The standard InChI is InChI=1S/C24H23F3N4O2S/c1-15-12-17(23(33)30-8-10-34-11-9-30)6-7-21(15)29-22(32)20-14-28-31(16(20)2)19-5-3-4-18(13-19)24(25,26)27/h3-7,12-14H,8-11H2,1-2H3,(H,29,32). The lowest BCUT2D eigenvalue weighted by molar-refractivity contribution is -0.137. The van der Waals surface area contributed by atoms with Gasteiger partial charge >= 0.3 is 6.18 Å². The third-order valence-corrected chi connectivity index (χ3v) is 6.63. The van der Waals surface area contributed by atoms with Gasteiger partial charge in [-0.2, -0.15) is 30.0 Å². The van der Waals surface area contributed by atoms with Gasteiger partial charge in [-0.15, -0.1) is 0 Å². The number of nitrogens with one attached hydrogen (secondary N) is 1.